The Bertz CT molecular complexity index is 1170. The van der Waals surface area contributed by atoms with Gasteiger partial charge in [-0.15, -0.1) is 0 Å². The molecule has 0 aromatic carbocycles. The summed E-state index contributed by atoms with van der Waals surface area (Å²) in [5.74, 6) is -0.930. The van der Waals surface area contributed by atoms with Gasteiger partial charge in [-0.25, -0.2) is 0 Å². The van der Waals surface area contributed by atoms with Gasteiger partial charge in [-0.05, 0) is 77.0 Å². The van der Waals surface area contributed by atoms with Crippen molar-refractivity contribution >= 4 is 19.8 Å². The van der Waals surface area contributed by atoms with E-state index in [9.17, 15) is 24.2 Å². The summed E-state index contributed by atoms with van der Waals surface area (Å²) < 4.78 is 33.8. The van der Waals surface area contributed by atoms with Crippen molar-refractivity contribution in [2.75, 3.05) is 47.5 Å². The number of unbranched alkanes of at least 4 members (excludes halogenated alkanes) is 12. The normalized spacial score (nSPS) is 14.7. The van der Waals surface area contributed by atoms with E-state index in [2.05, 4.69) is 56.4 Å². The van der Waals surface area contributed by atoms with Crippen LogP contribution in [0.25, 0.3) is 0 Å². The van der Waals surface area contributed by atoms with E-state index in [1.807, 2.05) is 39.4 Å². The standard InChI is InChI=1S/C46H82NO9P/c1-6-8-9-10-11-12-13-14-15-18-21-24-27-30-33-37-45(49)53-41-44(42-55-57(51,52)54-40-39-47(3,4)5)56-46(50)38-34-31-28-25-22-19-16-17-20-23-26-29-32-36-43(48)35-7-2/h12-13,16,19-20,23,25,28-29,32,43-44,48H,6-11,14-15,17-18,21-22,24,26-27,30-31,33-42H2,1-5H3/b13-12-,19-16-,23-20-,28-25-,32-29-/t43?,44-/m1/s1. The topological polar surface area (TPSA) is 131 Å². The van der Waals surface area contributed by atoms with E-state index in [1.54, 1.807) is 0 Å². The fourth-order valence-corrected chi connectivity index (χ4v) is 6.33. The molecule has 0 heterocycles. The first-order valence-corrected chi connectivity index (χ1v) is 23.5. The largest absolute Gasteiger partial charge is 0.756 e. The molecule has 330 valence electrons. The fourth-order valence-electron chi connectivity index (χ4n) is 5.60. The molecule has 0 aromatic heterocycles. The van der Waals surface area contributed by atoms with Gasteiger partial charge >= 0.3 is 11.9 Å². The van der Waals surface area contributed by atoms with E-state index in [0.29, 0.717) is 36.7 Å². The Balaban J connectivity index is 4.49. The highest BCUT2D eigenvalue weighted by Gasteiger charge is 2.21. The van der Waals surface area contributed by atoms with Gasteiger partial charge < -0.3 is 33.0 Å². The third-order valence-corrected chi connectivity index (χ3v) is 10.0. The number of carbonyl (C=O) groups is 2. The number of quaternary nitrogens is 1. The van der Waals surface area contributed by atoms with E-state index in [-0.39, 0.29) is 32.2 Å². The van der Waals surface area contributed by atoms with Crippen molar-refractivity contribution in [1.82, 2.24) is 0 Å². The molecule has 0 fully saturated rings. The lowest BCUT2D eigenvalue weighted by atomic mass is 10.1. The Labute approximate surface area is 348 Å². The lowest BCUT2D eigenvalue weighted by Crippen LogP contribution is -2.37. The first-order valence-electron chi connectivity index (χ1n) is 22.1. The van der Waals surface area contributed by atoms with Crippen molar-refractivity contribution < 1.29 is 47.2 Å². The molecule has 2 unspecified atom stereocenters. The zero-order valence-corrected chi connectivity index (χ0v) is 37.5. The molecule has 0 aliphatic carbocycles. The van der Waals surface area contributed by atoms with E-state index in [0.717, 1.165) is 57.8 Å². The highest BCUT2D eigenvalue weighted by atomic mass is 31.2. The minimum Gasteiger partial charge on any atom is -0.756 e. The average Bonchev–Trinajstić information content (AvgIpc) is 3.15. The van der Waals surface area contributed by atoms with Crippen LogP contribution in [0.4, 0.5) is 0 Å². The number of phosphoric ester groups is 1. The number of ether oxygens (including phenoxy) is 2. The van der Waals surface area contributed by atoms with Crippen molar-refractivity contribution in [3.8, 4) is 0 Å². The molecule has 11 heteroatoms. The van der Waals surface area contributed by atoms with Crippen LogP contribution in [0.2, 0.25) is 0 Å². The number of phosphoric acid groups is 1. The predicted molar refractivity (Wildman–Crippen MR) is 232 cm³/mol. The summed E-state index contributed by atoms with van der Waals surface area (Å²) in [5.41, 5.74) is 0. The van der Waals surface area contributed by atoms with Crippen LogP contribution in [0, 0.1) is 0 Å². The summed E-state index contributed by atoms with van der Waals surface area (Å²) in [6, 6.07) is 0. The zero-order chi connectivity index (χ0) is 42.3. The van der Waals surface area contributed by atoms with E-state index < -0.39 is 32.5 Å². The monoisotopic (exact) mass is 824 g/mol. The predicted octanol–water partition coefficient (Wildman–Crippen LogP) is 10.8. The molecule has 0 radical (unpaired) electrons. The maximum Gasteiger partial charge on any atom is 0.306 e. The lowest BCUT2D eigenvalue weighted by molar-refractivity contribution is -0.870. The Kier molecular flexibility index (Phi) is 36.4. The summed E-state index contributed by atoms with van der Waals surface area (Å²) >= 11 is 0. The Morgan fingerprint density at radius 3 is 1.74 bits per heavy atom. The second kappa shape index (κ2) is 37.9. The molecule has 57 heavy (non-hydrogen) atoms. The maximum atomic E-state index is 12.6. The third-order valence-electron chi connectivity index (χ3n) is 9.07. The minimum absolute atomic E-state index is 0.0508. The van der Waals surface area contributed by atoms with Crippen LogP contribution in [0.1, 0.15) is 162 Å². The molecule has 1 N–H and O–H groups in total. The van der Waals surface area contributed by atoms with Gasteiger partial charge in [-0.1, -0.05) is 132 Å². The summed E-state index contributed by atoms with van der Waals surface area (Å²) in [6.07, 6.45) is 41.7. The second-order valence-corrected chi connectivity index (χ2v) is 17.3. The van der Waals surface area contributed by atoms with Crippen LogP contribution >= 0.6 is 7.82 Å². The average molecular weight is 824 g/mol. The van der Waals surface area contributed by atoms with E-state index in [4.69, 9.17) is 18.5 Å². The lowest BCUT2D eigenvalue weighted by Gasteiger charge is -2.28. The molecule has 0 spiro atoms. The molecule has 0 rings (SSSR count). The molecule has 0 aromatic rings. The molecular weight excluding hydrogens is 741 g/mol. The van der Waals surface area contributed by atoms with Gasteiger partial charge in [-0.2, -0.15) is 0 Å². The Hall–Kier alpha value is -2.33. The molecule has 0 saturated carbocycles. The summed E-state index contributed by atoms with van der Waals surface area (Å²) in [5, 5.41) is 9.74. The molecular formula is C46H82NO9P. The van der Waals surface area contributed by atoms with Crippen LogP contribution in [0.5, 0.6) is 0 Å². The fraction of sp³-hybridized carbons (Fsp3) is 0.739. The number of hydrogen-bond acceptors (Lipinski definition) is 9. The van der Waals surface area contributed by atoms with Gasteiger partial charge in [0.15, 0.2) is 6.10 Å². The molecule has 10 nitrogen and oxygen atoms in total. The summed E-state index contributed by atoms with van der Waals surface area (Å²) in [7, 11) is 1.10. The number of aliphatic hydroxyl groups excluding tert-OH is 1. The molecule has 0 bridgehead atoms. The van der Waals surface area contributed by atoms with Gasteiger partial charge in [-0.3, -0.25) is 14.2 Å². The van der Waals surface area contributed by atoms with Gasteiger partial charge in [0.1, 0.15) is 19.8 Å². The van der Waals surface area contributed by atoms with Gasteiger partial charge in [0.05, 0.1) is 33.9 Å². The number of carbonyl (C=O) groups excluding carboxylic acids is 2. The molecule has 0 aliphatic heterocycles. The van der Waals surface area contributed by atoms with E-state index in [1.165, 1.54) is 51.4 Å². The van der Waals surface area contributed by atoms with Crippen molar-refractivity contribution in [2.24, 2.45) is 0 Å². The number of esters is 2. The number of likely N-dealkylation sites (N-methyl/N-ethyl adjacent to an activating group) is 1. The Morgan fingerprint density at radius 2 is 1.14 bits per heavy atom. The number of aliphatic hydroxyl groups is 1. The first-order chi connectivity index (χ1) is 27.4. The molecule has 0 saturated heterocycles. The van der Waals surface area contributed by atoms with Gasteiger partial charge in [0.2, 0.25) is 0 Å². The van der Waals surface area contributed by atoms with Gasteiger partial charge in [0, 0.05) is 12.8 Å². The maximum absolute atomic E-state index is 12.6. The number of allylic oxidation sites excluding steroid dienone is 9. The van der Waals surface area contributed by atoms with Crippen molar-refractivity contribution in [2.45, 2.75) is 174 Å². The molecule has 0 aliphatic rings. The van der Waals surface area contributed by atoms with E-state index >= 15 is 0 Å². The van der Waals surface area contributed by atoms with Crippen LogP contribution in [0.3, 0.4) is 0 Å². The zero-order valence-electron chi connectivity index (χ0n) is 36.6. The van der Waals surface area contributed by atoms with Crippen LogP contribution in [0.15, 0.2) is 60.8 Å². The minimum atomic E-state index is -4.65. The van der Waals surface area contributed by atoms with Crippen LogP contribution in [-0.2, 0) is 32.7 Å². The summed E-state index contributed by atoms with van der Waals surface area (Å²) in [6.45, 7) is 3.92. The van der Waals surface area contributed by atoms with Crippen LogP contribution in [-0.4, -0.2) is 81.2 Å². The highest BCUT2D eigenvalue weighted by Crippen LogP contribution is 2.38. The smallest absolute Gasteiger partial charge is 0.306 e. The quantitative estimate of drug-likeness (QED) is 0.0212. The number of rotatable bonds is 39. The molecule has 3 atom stereocenters. The molecule has 0 amide bonds. The SMILES string of the molecule is CCCCCC/C=C\CCCCCCCCCC(=O)OC[C@H](COP(=O)([O-])OCC[N+](C)(C)C)OC(=O)CCC/C=C\C/C=C\C/C=C\C/C=C\CC(O)CCC. The highest BCUT2D eigenvalue weighted by molar-refractivity contribution is 7.45. The number of nitrogens with zero attached hydrogens (tertiary/aromatic N) is 1. The van der Waals surface area contributed by atoms with Gasteiger partial charge in [0.25, 0.3) is 7.82 Å². The van der Waals surface area contributed by atoms with Crippen molar-refractivity contribution in [3.63, 3.8) is 0 Å². The van der Waals surface area contributed by atoms with Crippen LogP contribution < -0.4 is 4.89 Å². The Morgan fingerprint density at radius 1 is 0.632 bits per heavy atom. The van der Waals surface area contributed by atoms with Crippen molar-refractivity contribution in [3.05, 3.63) is 60.8 Å². The second-order valence-electron chi connectivity index (χ2n) is 15.9. The third kappa shape index (κ3) is 41.6. The first kappa shape index (κ1) is 54.7. The van der Waals surface area contributed by atoms with Crippen molar-refractivity contribution in [1.29, 1.82) is 0 Å². The summed E-state index contributed by atoms with van der Waals surface area (Å²) in [4.78, 5) is 37.5. The number of hydrogen-bond donors (Lipinski definition) is 1.